The smallest absolute Gasteiger partial charge is 0.246 e. The number of carbonyl (C=O) groups is 3. The highest BCUT2D eigenvalue weighted by Gasteiger charge is 2.49. The first kappa shape index (κ1) is 24.3. The molecule has 0 spiro atoms. The SMILES string of the molecule is O=C(C[C@H](c1ccccc1)C1C(=O)N(c2ccccc2)C(=S)N(c2ccccc2)C1=O)c1ccccc1. The van der Waals surface area contributed by atoms with E-state index in [0.29, 0.717) is 16.9 Å². The largest absolute Gasteiger partial charge is 0.294 e. The summed E-state index contributed by atoms with van der Waals surface area (Å²) in [4.78, 5) is 44.5. The first-order chi connectivity index (χ1) is 18.1. The molecule has 0 N–H and O–H groups in total. The number of para-hydroxylation sites is 2. The van der Waals surface area contributed by atoms with Crippen molar-refractivity contribution in [3.05, 3.63) is 132 Å². The molecule has 0 aromatic heterocycles. The number of rotatable bonds is 7. The summed E-state index contributed by atoms with van der Waals surface area (Å²) in [5.41, 5.74) is 2.41. The van der Waals surface area contributed by atoms with Crippen molar-refractivity contribution in [1.29, 1.82) is 0 Å². The third-order valence-electron chi connectivity index (χ3n) is 6.52. The zero-order chi connectivity index (χ0) is 25.8. The predicted molar refractivity (Wildman–Crippen MR) is 149 cm³/mol. The molecule has 4 aromatic carbocycles. The summed E-state index contributed by atoms with van der Waals surface area (Å²) in [6.07, 6.45) is -0.00576. The molecule has 1 heterocycles. The van der Waals surface area contributed by atoms with Gasteiger partial charge in [-0.25, -0.2) is 0 Å². The summed E-state index contributed by atoms with van der Waals surface area (Å²) >= 11 is 5.73. The molecule has 1 saturated heterocycles. The number of nitrogens with zero attached hydrogens (tertiary/aromatic N) is 2. The van der Waals surface area contributed by atoms with E-state index in [4.69, 9.17) is 12.2 Å². The summed E-state index contributed by atoms with van der Waals surface area (Å²) in [5, 5.41) is 0.0878. The molecule has 5 rings (SSSR count). The molecule has 0 radical (unpaired) electrons. The highest BCUT2D eigenvalue weighted by Crippen LogP contribution is 2.38. The van der Waals surface area contributed by atoms with Crippen molar-refractivity contribution in [3.63, 3.8) is 0 Å². The fourth-order valence-electron chi connectivity index (χ4n) is 4.72. The van der Waals surface area contributed by atoms with Gasteiger partial charge in [0, 0.05) is 17.9 Å². The molecule has 6 heteroatoms. The Morgan fingerprint density at radius 3 is 1.51 bits per heavy atom. The number of Topliss-reactive ketones (excluding diaryl/α,β-unsaturated/α-hetero) is 1. The van der Waals surface area contributed by atoms with E-state index < -0.39 is 23.7 Å². The molecule has 1 fully saturated rings. The summed E-state index contributed by atoms with van der Waals surface area (Å²) < 4.78 is 0. The maximum Gasteiger partial charge on any atom is 0.246 e. The van der Waals surface area contributed by atoms with Crippen molar-refractivity contribution < 1.29 is 14.4 Å². The maximum atomic E-state index is 14.1. The van der Waals surface area contributed by atoms with E-state index in [2.05, 4.69) is 0 Å². The molecular weight excluding hydrogens is 480 g/mol. The molecular formula is C31H24N2O3S. The molecule has 5 nitrogen and oxygen atoms in total. The van der Waals surface area contributed by atoms with Gasteiger partial charge in [-0.2, -0.15) is 0 Å². The van der Waals surface area contributed by atoms with Crippen LogP contribution >= 0.6 is 12.2 Å². The average molecular weight is 505 g/mol. The van der Waals surface area contributed by atoms with Crippen molar-refractivity contribution in [2.75, 3.05) is 9.80 Å². The number of benzene rings is 4. The Hall–Kier alpha value is -4.42. The lowest BCUT2D eigenvalue weighted by molar-refractivity contribution is -0.133. The van der Waals surface area contributed by atoms with E-state index in [1.54, 1.807) is 48.5 Å². The first-order valence-electron chi connectivity index (χ1n) is 12.0. The standard InChI is InChI=1S/C31H24N2O3S/c34-27(23-15-7-2-8-16-23)21-26(22-13-5-1-6-14-22)28-29(35)32(24-17-9-3-10-18-24)31(37)33(30(28)36)25-19-11-4-12-20-25/h1-20,26,28H,21H2/t26-/m1/s1. The normalized spacial score (nSPS) is 15.1. The van der Waals surface area contributed by atoms with E-state index in [-0.39, 0.29) is 17.3 Å². The third kappa shape index (κ3) is 4.84. The Labute approximate surface area is 221 Å². The summed E-state index contributed by atoms with van der Waals surface area (Å²) in [6, 6.07) is 36.3. The van der Waals surface area contributed by atoms with Gasteiger partial charge in [0.2, 0.25) is 11.8 Å². The van der Waals surface area contributed by atoms with Crippen LogP contribution in [0.25, 0.3) is 0 Å². The van der Waals surface area contributed by atoms with Crippen LogP contribution in [0.4, 0.5) is 11.4 Å². The highest BCUT2D eigenvalue weighted by atomic mass is 32.1. The number of hydrogen-bond donors (Lipinski definition) is 0. The second kappa shape index (κ2) is 10.7. The van der Waals surface area contributed by atoms with Crippen LogP contribution in [0.1, 0.15) is 28.3 Å². The predicted octanol–water partition coefficient (Wildman–Crippen LogP) is 6.02. The van der Waals surface area contributed by atoms with Gasteiger partial charge in [0.15, 0.2) is 10.9 Å². The van der Waals surface area contributed by atoms with Crippen LogP contribution < -0.4 is 9.80 Å². The van der Waals surface area contributed by atoms with E-state index in [1.165, 1.54) is 9.80 Å². The highest BCUT2D eigenvalue weighted by molar-refractivity contribution is 7.81. The minimum atomic E-state index is -1.15. The Bertz CT molecular complexity index is 1370. The van der Waals surface area contributed by atoms with Crippen LogP contribution in [0.2, 0.25) is 0 Å². The lowest BCUT2D eigenvalue weighted by Crippen LogP contribution is -2.61. The minimum Gasteiger partial charge on any atom is -0.294 e. The minimum absolute atomic E-state index is 0.00576. The van der Waals surface area contributed by atoms with Gasteiger partial charge in [-0.1, -0.05) is 97.1 Å². The molecule has 0 bridgehead atoms. The van der Waals surface area contributed by atoms with Crippen LogP contribution in [-0.4, -0.2) is 22.7 Å². The van der Waals surface area contributed by atoms with E-state index in [0.717, 1.165) is 5.56 Å². The fraction of sp³-hybridized carbons (Fsp3) is 0.0968. The topological polar surface area (TPSA) is 57.7 Å². The summed E-state index contributed by atoms with van der Waals surface area (Å²) in [6.45, 7) is 0. The van der Waals surface area contributed by atoms with Crippen LogP contribution in [0.5, 0.6) is 0 Å². The van der Waals surface area contributed by atoms with Crippen molar-refractivity contribution >= 4 is 46.3 Å². The van der Waals surface area contributed by atoms with Gasteiger partial charge in [-0.15, -0.1) is 0 Å². The summed E-state index contributed by atoms with van der Waals surface area (Å²) in [7, 11) is 0. The second-order valence-corrected chi connectivity index (χ2v) is 9.15. The summed E-state index contributed by atoms with van der Waals surface area (Å²) in [5.74, 6) is -2.86. The van der Waals surface area contributed by atoms with Gasteiger partial charge in [0.05, 0.1) is 11.4 Å². The van der Waals surface area contributed by atoms with Crippen molar-refractivity contribution in [1.82, 2.24) is 0 Å². The zero-order valence-corrected chi connectivity index (χ0v) is 20.8. The number of hydrogen-bond acceptors (Lipinski definition) is 4. The van der Waals surface area contributed by atoms with E-state index in [1.807, 2.05) is 72.8 Å². The molecule has 37 heavy (non-hydrogen) atoms. The molecule has 1 atom stereocenters. The van der Waals surface area contributed by atoms with Gasteiger partial charge in [0.25, 0.3) is 0 Å². The van der Waals surface area contributed by atoms with Crippen LogP contribution in [0, 0.1) is 5.92 Å². The van der Waals surface area contributed by atoms with Crippen molar-refractivity contribution in [2.24, 2.45) is 5.92 Å². The van der Waals surface area contributed by atoms with Crippen molar-refractivity contribution in [3.8, 4) is 0 Å². The average Bonchev–Trinajstić information content (AvgIpc) is 2.94. The molecule has 4 aromatic rings. The Balaban J connectivity index is 1.63. The van der Waals surface area contributed by atoms with Gasteiger partial charge in [0.1, 0.15) is 5.92 Å². The molecule has 2 amide bonds. The molecule has 182 valence electrons. The van der Waals surface area contributed by atoms with Gasteiger partial charge < -0.3 is 0 Å². The van der Waals surface area contributed by atoms with E-state index in [9.17, 15) is 14.4 Å². The number of ketones is 1. The lowest BCUT2D eigenvalue weighted by atomic mass is 9.79. The van der Waals surface area contributed by atoms with Crippen LogP contribution in [-0.2, 0) is 9.59 Å². The molecule has 0 saturated carbocycles. The molecule has 1 aliphatic heterocycles. The number of anilines is 2. The van der Waals surface area contributed by atoms with Crippen LogP contribution in [0.3, 0.4) is 0 Å². The van der Waals surface area contributed by atoms with E-state index >= 15 is 0 Å². The third-order valence-corrected chi connectivity index (χ3v) is 6.88. The number of carbonyl (C=O) groups excluding carboxylic acids is 3. The fourth-order valence-corrected chi connectivity index (χ4v) is 5.11. The quantitative estimate of drug-likeness (QED) is 0.175. The molecule has 1 aliphatic rings. The molecule has 0 aliphatic carbocycles. The van der Waals surface area contributed by atoms with Crippen LogP contribution in [0.15, 0.2) is 121 Å². The second-order valence-electron chi connectivity index (χ2n) is 8.79. The van der Waals surface area contributed by atoms with Crippen molar-refractivity contribution in [2.45, 2.75) is 12.3 Å². The number of amides is 2. The Kier molecular flexibility index (Phi) is 7.01. The monoisotopic (exact) mass is 504 g/mol. The lowest BCUT2D eigenvalue weighted by Gasteiger charge is -2.41. The maximum absolute atomic E-state index is 14.1. The van der Waals surface area contributed by atoms with Gasteiger partial charge in [-0.3, -0.25) is 24.2 Å². The van der Waals surface area contributed by atoms with Gasteiger partial charge in [-0.05, 0) is 42.0 Å². The Morgan fingerprint density at radius 2 is 1.05 bits per heavy atom. The zero-order valence-electron chi connectivity index (χ0n) is 19.9. The first-order valence-corrected chi connectivity index (χ1v) is 12.4. The molecule has 0 unspecified atom stereocenters. The Morgan fingerprint density at radius 1 is 0.649 bits per heavy atom. The number of thiocarbonyl (C=S) groups is 1. The van der Waals surface area contributed by atoms with Gasteiger partial charge >= 0.3 is 0 Å².